The van der Waals surface area contributed by atoms with Gasteiger partial charge in [-0.25, -0.2) is 4.98 Å². The van der Waals surface area contributed by atoms with Crippen LogP contribution in [0, 0.1) is 13.8 Å². The first kappa shape index (κ1) is 14.1. The van der Waals surface area contributed by atoms with E-state index in [4.69, 9.17) is 5.73 Å². The molecule has 0 aliphatic heterocycles. The molecule has 0 unspecified atom stereocenters. The zero-order valence-electron chi connectivity index (χ0n) is 12.5. The summed E-state index contributed by atoms with van der Waals surface area (Å²) in [6.07, 6.45) is 4.78. The van der Waals surface area contributed by atoms with Crippen molar-refractivity contribution in [1.82, 2.24) is 20.5 Å². The molecule has 0 aliphatic rings. The molecule has 0 bridgehead atoms. The van der Waals surface area contributed by atoms with E-state index in [1.165, 1.54) is 6.20 Å². The van der Waals surface area contributed by atoms with Gasteiger partial charge in [-0.1, -0.05) is 0 Å². The van der Waals surface area contributed by atoms with Gasteiger partial charge in [-0.2, -0.15) is 5.10 Å². The number of amides is 1. The van der Waals surface area contributed by atoms with Crippen molar-refractivity contribution < 1.29 is 4.79 Å². The van der Waals surface area contributed by atoms with Crippen molar-refractivity contribution in [2.45, 2.75) is 20.4 Å². The van der Waals surface area contributed by atoms with Crippen molar-refractivity contribution in [3.63, 3.8) is 0 Å². The summed E-state index contributed by atoms with van der Waals surface area (Å²) in [7, 11) is 0. The van der Waals surface area contributed by atoms with Crippen LogP contribution in [0.4, 0.5) is 5.82 Å². The van der Waals surface area contributed by atoms with Gasteiger partial charge >= 0.3 is 0 Å². The van der Waals surface area contributed by atoms with Crippen molar-refractivity contribution in [2.75, 3.05) is 5.73 Å². The Balaban J connectivity index is 1.92. The summed E-state index contributed by atoms with van der Waals surface area (Å²) in [5.41, 5.74) is 9.74. The molecule has 22 heavy (non-hydrogen) atoms. The first-order valence-corrected chi connectivity index (χ1v) is 6.98. The molecule has 4 N–H and O–H groups in total. The molecule has 6 heteroatoms. The number of rotatable bonds is 3. The van der Waals surface area contributed by atoms with Crippen LogP contribution in [0.2, 0.25) is 0 Å². The van der Waals surface area contributed by atoms with E-state index < -0.39 is 0 Å². The van der Waals surface area contributed by atoms with Crippen LogP contribution in [-0.2, 0) is 6.54 Å². The quantitative estimate of drug-likeness (QED) is 0.689. The Morgan fingerprint density at radius 1 is 1.36 bits per heavy atom. The van der Waals surface area contributed by atoms with Crippen LogP contribution in [0.1, 0.15) is 27.0 Å². The number of nitrogens with two attached hydrogens (primary N) is 1. The van der Waals surface area contributed by atoms with Crippen molar-refractivity contribution >= 4 is 22.5 Å². The smallest absolute Gasteiger partial charge is 0.254 e. The number of hydrogen-bond donors (Lipinski definition) is 3. The number of aromatic amines is 1. The van der Waals surface area contributed by atoms with Crippen molar-refractivity contribution in [3.05, 3.63) is 53.0 Å². The van der Waals surface area contributed by atoms with E-state index in [0.717, 1.165) is 27.5 Å². The van der Waals surface area contributed by atoms with E-state index in [2.05, 4.69) is 20.5 Å². The number of nitrogens with one attached hydrogen (secondary N) is 2. The molecular formula is C16H17N5O. The molecule has 0 saturated carbocycles. The number of aryl methyl sites for hydroxylation is 2. The first-order valence-electron chi connectivity index (χ1n) is 6.98. The molecule has 3 rings (SSSR count). The average Bonchev–Trinajstić information content (AvgIpc) is 3.02. The Labute approximate surface area is 127 Å². The van der Waals surface area contributed by atoms with E-state index in [1.807, 2.05) is 26.0 Å². The highest BCUT2D eigenvalue weighted by molar-refractivity contribution is 5.95. The maximum absolute atomic E-state index is 12.0. The highest BCUT2D eigenvalue weighted by Crippen LogP contribution is 2.27. The summed E-state index contributed by atoms with van der Waals surface area (Å²) < 4.78 is 0. The second-order valence-electron chi connectivity index (χ2n) is 5.26. The summed E-state index contributed by atoms with van der Waals surface area (Å²) in [6, 6.07) is 3.96. The maximum Gasteiger partial charge on any atom is 0.254 e. The van der Waals surface area contributed by atoms with Crippen molar-refractivity contribution in [3.8, 4) is 0 Å². The Hall–Kier alpha value is -2.89. The van der Waals surface area contributed by atoms with Crippen LogP contribution in [0.3, 0.4) is 0 Å². The predicted molar refractivity (Wildman–Crippen MR) is 85.4 cm³/mol. The zero-order chi connectivity index (χ0) is 15.7. The lowest BCUT2D eigenvalue weighted by atomic mass is 9.96. The second-order valence-corrected chi connectivity index (χ2v) is 5.26. The highest BCUT2D eigenvalue weighted by Gasteiger charge is 2.12. The summed E-state index contributed by atoms with van der Waals surface area (Å²) in [4.78, 5) is 16.1. The fourth-order valence-electron chi connectivity index (χ4n) is 2.65. The Kier molecular flexibility index (Phi) is 3.50. The standard InChI is InChI=1S/C16H17N5O/c1-9-5-13-12(3-4-18-15(13)17)10(2)14(9)8-19-16(22)11-6-20-21-7-11/h3-7H,8H2,1-2H3,(H2,17,18)(H,19,22)(H,20,21). The van der Waals surface area contributed by atoms with E-state index in [1.54, 1.807) is 12.4 Å². The highest BCUT2D eigenvalue weighted by atomic mass is 16.1. The Bertz CT molecular complexity index is 839. The number of aromatic nitrogens is 3. The number of H-pyrrole nitrogens is 1. The monoisotopic (exact) mass is 295 g/mol. The molecule has 0 radical (unpaired) electrons. The number of hydrogen-bond acceptors (Lipinski definition) is 4. The van der Waals surface area contributed by atoms with Gasteiger partial charge in [-0.15, -0.1) is 0 Å². The van der Waals surface area contributed by atoms with Gasteiger partial charge in [0.25, 0.3) is 5.91 Å². The number of pyridine rings is 1. The van der Waals surface area contributed by atoms with Gasteiger partial charge in [0, 0.05) is 24.3 Å². The van der Waals surface area contributed by atoms with E-state index in [9.17, 15) is 4.79 Å². The SMILES string of the molecule is Cc1cc2c(N)nccc2c(C)c1CNC(=O)c1cn[nH]c1. The number of carbonyl (C=O) groups is 1. The zero-order valence-corrected chi connectivity index (χ0v) is 12.5. The molecular weight excluding hydrogens is 278 g/mol. The molecule has 2 aromatic heterocycles. The molecule has 112 valence electrons. The van der Waals surface area contributed by atoms with E-state index in [-0.39, 0.29) is 5.91 Å². The summed E-state index contributed by atoms with van der Waals surface area (Å²) in [5.74, 6) is 0.375. The largest absolute Gasteiger partial charge is 0.383 e. The van der Waals surface area contributed by atoms with Crippen LogP contribution in [0.25, 0.3) is 10.8 Å². The Morgan fingerprint density at radius 2 is 2.18 bits per heavy atom. The topological polar surface area (TPSA) is 96.7 Å². The average molecular weight is 295 g/mol. The van der Waals surface area contributed by atoms with Gasteiger partial charge in [0.15, 0.2) is 0 Å². The van der Waals surface area contributed by atoms with E-state index in [0.29, 0.717) is 17.9 Å². The maximum atomic E-state index is 12.0. The minimum Gasteiger partial charge on any atom is -0.383 e. The minimum atomic E-state index is -0.151. The molecule has 6 nitrogen and oxygen atoms in total. The molecule has 1 aromatic carbocycles. The molecule has 2 heterocycles. The van der Waals surface area contributed by atoms with Gasteiger partial charge in [0.05, 0.1) is 11.8 Å². The fourth-order valence-corrected chi connectivity index (χ4v) is 2.65. The first-order chi connectivity index (χ1) is 10.6. The van der Waals surface area contributed by atoms with Crippen LogP contribution < -0.4 is 11.1 Å². The molecule has 0 atom stereocenters. The summed E-state index contributed by atoms with van der Waals surface area (Å²) >= 11 is 0. The molecule has 3 aromatic rings. The number of nitrogens with zero attached hydrogens (tertiary/aromatic N) is 2. The predicted octanol–water partition coefficient (Wildman–Crippen LogP) is 2.09. The van der Waals surface area contributed by atoms with Crippen LogP contribution in [0.5, 0.6) is 0 Å². The number of anilines is 1. The van der Waals surface area contributed by atoms with Gasteiger partial charge in [-0.3, -0.25) is 9.89 Å². The lowest BCUT2D eigenvalue weighted by Crippen LogP contribution is -2.23. The van der Waals surface area contributed by atoms with E-state index >= 15 is 0 Å². The van der Waals surface area contributed by atoms with Crippen molar-refractivity contribution in [2.24, 2.45) is 0 Å². The minimum absolute atomic E-state index is 0.151. The summed E-state index contributed by atoms with van der Waals surface area (Å²) in [5, 5.41) is 11.3. The summed E-state index contributed by atoms with van der Waals surface area (Å²) in [6.45, 7) is 4.51. The molecule has 0 spiro atoms. The molecule has 0 saturated heterocycles. The number of carbonyl (C=O) groups excluding carboxylic acids is 1. The third-order valence-electron chi connectivity index (χ3n) is 3.90. The lowest BCUT2D eigenvalue weighted by molar-refractivity contribution is 0.0951. The Morgan fingerprint density at radius 3 is 2.91 bits per heavy atom. The second kappa shape index (κ2) is 5.48. The fraction of sp³-hybridized carbons (Fsp3) is 0.188. The normalized spacial score (nSPS) is 10.8. The third-order valence-corrected chi connectivity index (χ3v) is 3.90. The molecule has 0 aliphatic carbocycles. The third kappa shape index (κ3) is 2.39. The van der Waals surface area contributed by atoms with Gasteiger partial charge < -0.3 is 11.1 Å². The number of benzene rings is 1. The van der Waals surface area contributed by atoms with Gasteiger partial charge in [0.1, 0.15) is 5.82 Å². The lowest BCUT2D eigenvalue weighted by Gasteiger charge is -2.14. The van der Waals surface area contributed by atoms with Crippen LogP contribution in [0.15, 0.2) is 30.7 Å². The molecule has 1 amide bonds. The van der Waals surface area contributed by atoms with Crippen LogP contribution >= 0.6 is 0 Å². The van der Waals surface area contributed by atoms with Gasteiger partial charge in [0.2, 0.25) is 0 Å². The number of fused-ring (bicyclic) bond motifs is 1. The van der Waals surface area contributed by atoms with Crippen molar-refractivity contribution in [1.29, 1.82) is 0 Å². The molecule has 0 fully saturated rings. The van der Waals surface area contributed by atoms with Gasteiger partial charge in [-0.05, 0) is 48.1 Å². The van der Waals surface area contributed by atoms with Crippen LogP contribution in [-0.4, -0.2) is 21.1 Å². The number of nitrogen functional groups attached to an aromatic ring is 1.